The molecule has 0 aromatic heterocycles. The molecule has 0 spiro atoms. The lowest BCUT2D eigenvalue weighted by molar-refractivity contribution is 0.658. The Labute approximate surface area is 181 Å². The minimum absolute atomic E-state index is 0.119. The van der Waals surface area contributed by atoms with Crippen molar-refractivity contribution < 1.29 is 0 Å². The fourth-order valence-electron chi connectivity index (χ4n) is 6.09. The predicted molar refractivity (Wildman–Crippen MR) is 134 cm³/mol. The molecule has 31 heavy (non-hydrogen) atoms. The average Bonchev–Trinajstić information content (AvgIpc) is 2.80. The Morgan fingerprint density at radius 1 is 0.452 bits per heavy atom. The Morgan fingerprint density at radius 3 is 2.00 bits per heavy atom. The summed E-state index contributed by atoms with van der Waals surface area (Å²) < 4.78 is 0. The summed E-state index contributed by atoms with van der Waals surface area (Å²) in [6.07, 6.45) is 0. The van der Waals surface area contributed by atoms with Crippen molar-refractivity contribution in [2.24, 2.45) is 0 Å². The van der Waals surface area contributed by atoms with Gasteiger partial charge in [0, 0.05) is 5.41 Å². The summed E-state index contributed by atoms with van der Waals surface area (Å²) in [7, 11) is 0. The summed E-state index contributed by atoms with van der Waals surface area (Å²) in [6, 6.07) is 36.0. The quantitative estimate of drug-likeness (QED) is 0.179. The van der Waals surface area contributed by atoms with Gasteiger partial charge >= 0.3 is 0 Å². The molecule has 6 aromatic rings. The predicted octanol–water partition coefficient (Wildman–Crippen LogP) is 8.61. The first-order valence-electron chi connectivity index (χ1n) is 11.0. The van der Waals surface area contributed by atoms with Crippen molar-refractivity contribution in [3.05, 3.63) is 108 Å². The lowest BCUT2D eigenvalue weighted by Gasteiger charge is -2.37. The Bertz CT molecular complexity index is 1700. The van der Waals surface area contributed by atoms with Crippen LogP contribution in [0.5, 0.6) is 0 Å². The molecule has 0 fully saturated rings. The first kappa shape index (κ1) is 17.1. The third-order valence-corrected chi connectivity index (χ3v) is 7.34. The van der Waals surface area contributed by atoms with Gasteiger partial charge in [0.25, 0.3) is 0 Å². The van der Waals surface area contributed by atoms with Crippen LogP contribution in [0.2, 0.25) is 0 Å². The van der Waals surface area contributed by atoms with Crippen molar-refractivity contribution in [3.8, 4) is 11.1 Å². The number of hydrogen-bond acceptors (Lipinski definition) is 0. The monoisotopic (exact) mass is 394 g/mol. The number of fused-ring (bicyclic) bond motifs is 8. The van der Waals surface area contributed by atoms with Crippen LogP contribution in [0.15, 0.2) is 97.1 Å². The molecule has 0 bridgehead atoms. The van der Waals surface area contributed by atoms with E-state index in [-0.39, 0.29) is 5.41 Å². The lowest BCUT2D eigenvalue weighted by atomic mass is 9.65. The normalized spacial score (nSPS) is 14.4. The highest BCUT2D eigenvalue weighted by molar-refractivity contribution is 6.17. The van der Waals surface area contributed by atoms with Crippen molar-refractivity contribution in [2.45, 2.75) is 19.3 Å². The summed E-state index contributed by atoms with van der Waals surface area (Å²) in [5.74, 6) is 0. The first-order valence-corrected chi connectivity index (χ1v) is 11.0. The second-order valence-corrected chi connectivity index (χ2v) is 9.37. The Balaban J connectivity index is 1.79. The Kier molecular flexibility index (Phi) is 3.16. The molecule has 0 atom stereocenters. The van der Waals surface area contributed by atoms with Gasteiger partial charge < -0.3 is 0 Å². The molecule has 0 N–H and O–H groups in total. The molecular weight excluding hydrogens is 372 g/mol. The van der Waals surface area contributed by atoms with Gasteiger partial charge in [0.1, 0.15) is 0 Å². The molecule has 7 rings (SSSR count). The summed E-state index contributed by atoms with van der Waals surface area (Å²) in [5, 5.41) is 10.8. The van der Waals surface area contributed by atoms with E-state index in [1.165, 1.54) is 65.3 Å². The molecule has 0 amide bonds. The third kappa shape index (κ3) is 2.10. The molecule has 0 saturated carbocycles. The molecule has 0 heteroatoms. The van der Waals surface area contributed by atoms with Gasteiger partial charge in [0.05, 0.1) is 0 Å². The van der Waals surface area contributed by atoms with Crippen molar-refractivity contribution in [2.75, 3.05) is 0 Å². The van der Waals surface area contributed by atoms with Gasteiger partial charge in [0.2, 0.25) is 0 Å². The summed E-state index contributed by atoms with van der Waals surface area (Å²) in [4.78, 5) is 0. The van der Waals surface area contributed by atoms with Crippen LogP contribution in [0.4, 0.5) is 0 Å². The fraction of sp³-hybridized carbons (Fsp3) is 0.0968. The topological polar surface area (TPSA) is 0 Å². The van der Waals surface area contributed by atoms with Gasteiger partial charge in [-0.05, 0) is 71.4 Å². The van der Waals surface area contributed by atoms with Crippen molar-refractivity contribution in [3.63, 3.8) is 0 Å². The van der Waals surface area contributed by atoms with Crippen LogP contribution < -0.4 is 0 Å². The zero-order valence-electron chi connectivity index (χ0n) is 17.7. The van der Waals surface area contributed by atoms with Crippen LogP contribution >= 0.6 is 0 Å². The SMILES string of the molecule is CC1(C)c2c3ccccc3cc3cccc(c23)-c2ccc3ccc4ccccc4c3c21. The molecular formula is C31H22. The molecule has 0 unspecified atom stereocenters. The van der Waals surface area contributed by atoms with Crippen molar-refractivity contribution in [1.82, 2.24) is 0 Å². The summed E-state index contributed by atoms with van der Waals surface area (Å²) in [6.45, 7) is 4.84. The Hall–Kier alpha value is -3.64. The molecule has 146 valence electrons. The minimum Gasteiger partial charge on any atom is -0.0616 e. The minimum atomic E-state index is -0.119. The molecule has 0 heterocycles. The fourth-order valence-corrected chi connectivity index (χ4v) is 6.09. The van der Waals surface area contributed by atoms with Gasteiger partial charge in [0.15, 0.2) is 0 Å². The highest BCUT2D eigenvalue weighted by Crippen LogP contribution is 2.53. The molecule has 1 aliphatic carbocycles. The standard InChI is InChI=1S/C31H22/c1-31(2)29-24-12-6-4-9-21(24)18-22-10-7-13-25(28(22)29)26-17-16-20-15-14-19-8-3-5-11-23(19)27(20)30(26)31/h3-18H,1-2H3. The third-order valence-electron chi connectivity index (χ3n) is 7.34. The lowest BCUT2D eigenvalue weighted by Crippen LogP contribution is -2.24. The zero-order chi connectivity index (χ0) is 20.7. The Morgan fingerprint density at radius 2 is 1.13 bits per heavy atom. The molecule has 0 nitrogen and oxygen atoms in total. The molecule has 6 aromatic carbocycles. The van der Waals surface area contributed by atoms with Crippen LogP contribution in [0, 0.1) is 0 Å². The van der Waals surface area contributed by atoms with Crippen LogP contribution in [0.1, 0.15) is 25.0 Å². The van der Waals surface area contributed by atoms with E-state index in [4.69, 9.17) is 0 Å². The number of benzene rings is 6. The first-order chi connectivity index (χ1) is 15.1. The van der Waals surface area contributed by atoms with Gasteiger partial charge in [-0.15, -0.1) is 0 Å². The van der Waals surface area contributed by atoms with Crippen LogP contribution in [0.3, 0.4) is 0 Å². The molecule has 0 saturated heterocycles. The molecule has 0 radical (unpaired) electrons. The van der Waals surface area contributed by atoms with Gasteiger partial charge in [-0.2, -0.15) is 0 Å². The van der Waals surface area contributed by atoms with Crippen LogP contribution in [0.25, 0.3) is 54.2 Å². The van der Waals surface area contributed by atoms with Crippen LogP contribution in [-0.4, -0.2) is 0 Å². The van der Waals surface area contributed by atoms with E-state index in [0.717, 1.165) is 0 Å². The van der Waals surface area contributed by atoms with Gasteiger partial charge in [-0.25, -0.2) is 0 Å². The zero-order valence-corrected chi connectivity index (χ0v) is 17.7. The maximum Gasteiger partial charge on any atom is 0.0171 e. The van der Waals surface area contributed by atoms with Gasteiger partial charge in [-0.1, -0.05) is 105 Å². The number of hydrogen-bond donors (Lipinski definition) is 0. The second-order valence-electron chi connectivity index (χ2n) is 9.37. The van der Waals surface area contributed by atoms with Crippen molar-refractivity contribution in [1.29, 1.82) is 0 Å². The van der Waals surface area contributed by atoms with Gasteiger partial charge in [-0.3, -0.25) is 0 Å². The largest absolute Gasteiger partial charge is 0.0616 e. The number of rotatable bonds is 0. The average molecular weight is 395 g/mol. The van der Waals surface area contributed by atoms with E-state index in [1.807, 2.05) is 0 Å². The molecule has 0 aliphatic heterocycles. The highest BCUT2D eigenvalue weighted by atomic mass is 14.4. The van der Waals surface area contributed by atoms with E-state index in [2.05, 4.69) is 111 Å². The van der Waals surface area contributed by atoms with Crippen molar-refractivity contribution >= 4 is 43.1 Å². The van der Waals surface area contributed by atoms with E-state index < -0.39 is 0 Å². The summed E-state index contributed by atoms with van der Waals surface area (Å²) >= 11 is 0. The van der Waals surface area contributed by atoms with E-state index in [0.29, 0.717) is 0 Å². The molecule has 1 aliphatic rings. The maximum absolute atomic E-state index is 2.42. The second kappa shape index (κ2) is 5.74. The van der Waals surface area contributed by atoms with E-state index in [1.54, 1.807) is 0 Å². The van der Waals surface area contributed by atoms with E-state index in [9.17, 15) is 0 Å². The smallest absolute Gasteiger partial charge is 0.0171 e. The van der Waals surface area contributed by atoms with E-state index >= 15 is 0 Å². The maximum atomic E-state index is 2.42. The highest BCUT2D eigenvalue weighted by Gasteiger charge is 2.36. The summed E-state index contributed by atoms with van der Waals surface area (Å²) in [5.41, 5.74) is 5.54. The van der Waals surface area contributed by atoms with Crippen LogP contribution in [-0.2, 0) is 5.41 Å².